The first-order chi connectivity index (χ1) is 10.3. The van der Waals surface area contributed by atoms with Gasteiger partial charge in [0.15, 0.2) is 0 Å². The molecule has 21 heavy (non-hydrogen) atoms. The minimum atomic E-state index is 0.599. The van der Waals surface area contributed by atoms with Gasteiger partial charge in [-0.1, -0.05) is 6.07 Å². The molecule has 6 nitrogen and oxygen atoms in total. The van der Waals surface area contributed by atoms with Gasteiger partial charge in [0.2, 0.25) is 0 Å². The van der Waals surface area contributed by atoms with E-state index in [-0.39, 0.29) is 0 Å². The van der Waals surface area contributed by atoms with Crippen molar-refractivity contribution in [3.8, 4) is 11.8 Å². The summed E-state index contributed by atoms with van der Waals surface area (Å²) in [6.07, 6.45) is 0. The predicted molar refractivity (Wildman–Crippen MR) is 76.7 cm³/mol. The molecule has 1 aliphatic rings. The number of benzene rings is 1. The number of aryl methyl sites for hydroxylation is 1. The second-order valence-corrected chi connectivity index (χ2v) is 5.08. The van der Waals surface area contributed by atoms with Crippen molar-refractivity contribution in [2.75, 3.05) is 19.7 Å². The van der Waals surface area contributed by atoms with Crippen LogP contribution in [0.25, 0.3) is 0 Å². The van der Waals surface area contributed by atoms with Crippen molar-refractivity contribution in [3.05, 3.63) is 41.5 Å². The Hall–Kier alpha value is -2.39. The predicted octanol–water partition coefficient (Wildman–Crippen LogP) is 1.35. The van der Waals surface area contributed by atoms with Crippen LogP contribution in [0, 0.1) is 18.3 Å². The third-order valence-electron chi connectivity index (χ3n) is 3.66. The van der Waals surface area contributed by atoms with E-state index in [9.17, 15) is 0 Å². The monoisotopic (exact) mass is 283 g/mol. The first kappa shape index (κ1) is 13.6. The highest BCUT2D eigenvalue weighted by molar-refractivity contribution is 5.36. The Balaban J connectivity index is 1.51. The molecular weight excluding hydrogens is 266 g/mol. The summed E-state index contributed by atoms with van der Waals surface area (Å²) in [6, 6.07) is 9.35. The Labute approximate surface area is 123 Å². The molecule has 108 valence electrons. The van der Waals surface area contributed by atoms with Gasteiger partial charge in [0.25, 0.3) is 0 Å². The fourth-order valence-electron chi connectivity index (χ4n) is 2.49. The Morgan fingerprint density at radius 1 is 1.33 bits per heavy atom. The zero-order chi connectivity index (χ0) is 14.7. The van der Waals surface area contributed by atoms with Gasteiger partial charge in [-0.3, -0.25) is 4.90 Å². The second-order valence-electron chi connectivity index (χ2n) is 5.08. The van der Waals surface area contributed by atoms with Crippen molar-refractivity contribution in [1.29, 1.82) is 5.26 Å². The summed E-state index contributed by atoms with van der Waals surface area (Å²) in [4.78, 5) is 2.30. The van der Waals surface area contributed by atoms with Crippen LogP contribution < -0.4 is 4.74 Å². The number of aromatic nitrogens is 3. The Kier molecular flexibility index (Phi) is 3.84. The van der Waals surface area contributed by atoms with Crippen molar-refractivity contribution in [3.63, 3.8) is 0 Å². The maximum atomic E-state index is 8.86. The van der Waals surface area contributed by atoms with Crippen LogP contribution in [0.15, 0.2) is 24.3 Å². The van der Waals surface area contributed by atoms with Crippen LogP contribution >= 0.6 is 0 Å². The zero-order valence-electron chi connectivity index (χ0n) is 12.0. The summed E-state index contributed by atoms with van der Waals surface area (Å²) in [5.41, 5.74) is 0.619. The van der Waals surface area contributed by atoms with Crippen LogP contribution in [-0.4, -0.2) is 39.4 Å². The molecule has 0 bridgehead atoms. The number of fused-ring (bicyclic) bond motifs is 1. The van der Waals surface area contributed by atoms with Crippen molar-refractivity contribution in [2.24, 2.45) is 0 Å². The Morgan fingerprint density at radius 2 is 2.24 bits per heavy atom. The van der Waals surface area contributed by atoms with Crippen molar-refractivity contribution < 1.29 is 4.74 Å². The minimum Gasteiger partial charge on any atom is -0.492 e. The lowest BCUT2D eigenvalue weighted by molar-refractivity contribution is 0.174. The lowest BCUT2D eigenvalue weighted by atomic mass is 10.2. The number of nitrogens with zero attached hydrogens (tertiary/aromatic N) is 5. The van der Waals surface area contributed by atoms with Gasteiger partial charge in [-0.05, 0) is 25.1 Å². The fourth-order valence-corrected chi connectivity index (χ4v) is 2.49. The quantitative estimate of drug-likeness (QED) is 0.847. The van der Waals surface area contributed by atoms with E-state index in [0.29, 0.717) is 12.2 Å². The smallest absolute Gasteiger partial charge is 0.147 e. The topological polar surface area (TPSA) is 67.0 Å². The third-order valence-corrected chi connectivity index (χ3v) is 3.66. The van der Waals surface area contributed by atoms with Crippen molar-refractivity contribution >= 4 is 0 Å². The molecule has 0 radical (unpaired) electrons. The molecule has 2 aromatic rings. The molecule has 0 aliphatic carbocycles. The van der Waals surface area contributed by atoms with E-state index < -0.39 is 0 Å². The molecule has 0 unspecified atom stereocenters. The van der Waals surface area contributed by atoms with Crippen LogP contribution in [0.2, 0.25) is 0 Å². The van der Waals surface area contributed by atoms with Gasteiger partial charge in [0.05, 0.1) is 18.2 Å². The molecule has 0 N–H and O–H groups in total. The van der Waals surface area contributed by atoms with E-state index >= 15 is 0 Å². The summed E-state index contributed by atoms with van der Waals surface area (Å²) < 4.78 is 7.87. The number of hydrogen-bond donors (Lipinski definition) is 0. The fraction of sp³-hybridized carbons (Fsp3) is 0.400. The van der Waals surface area contributed by atoms with Gasteiger partial charge in [0, 0.05) is 19.6 Å². The molecule has 0 amide bonds. The third kappa shape index (κ3) is 3.03. The zero-order valence-corrected chi connectivity index (χ0v) is 12.0. The standard InChI is InChI=1S/C15H17N5O/c1-12-17-18-15-11-19(5-6-20(12)15)7-8-21-14-4-2-3-13(9-14)10-16/h2-4,9H,5-8,11H2,1H3. The van der Waals surface area contributed by atoms with E-state index in [0.717, 1.165) is 43.6 Å². The van der Waals surface area contributed by atoms with E-state index in [1.807, 2.05) is 19.1 Å². The highest BCUT2D eigenvalue weighted by atomic mass is 16.5. The molecule has 1 aliphatic heterocycles. The first-order valence-electron chi connectivity index (χ1n) is 7.00. The summed E-state index contributed by atoms with van der Waals surface area (Å²) in [5.74, 6) is 2.74. The molecular formula is C15H17N5O. The van der Waals surface area contributed by atoms with E-state index in [2.05, 4.69) is 25.7 Å². The van der Waals surface area contributed by atoms with Gasteiger partial charge in [-0.15, -0.1) is 10.2 Å². The molecule has 1 aromatic carbocycles. The molecule has 2 heterocycles. The van der Waals surface area contributed by atoms with E-state index in [1.54, 1.807) is 12.1 Å². The van der Waals surface area contributed by atoms with E-state index in [1.165, 1.54) is 0 Å². The molecule has 0 saturated heterocycles. The molecule has 0 spiro atoms. The van der Waals surface area contributed by atoms with Gasteiger partial charge < -0.3 is 9.30 Å². The Morgan fingerprint density at radius 3 is 3.10 bits per heavy atom. The van der Waals surface area contributed by atoms with Crippen LogP contribution in [0.5, 0.6) is 5.75 Å². The van der Waals surface area contributed by atoms with Crippen molar-refractivity contribution in [2.45, 2.75) is 20.0 Å². The lowest BCUT2D eigenvalue weighted by Gasteiger charge is -2.27. The maximum absolute atomic E-state index is 8.86. The molecule has 6 heteroatoms. The summed E-state index contributed by atoms with van der Waals surface area (Å²) in [6.45, 7) is 6.14. The largest absolute Gasteiger partial charge is 0.492 e. The molecule has 1 aromatic heterocycles. The van der Waals surface area contributed by atoms with Crippen LogP contribution in [0.4, 0.5) is 0 Å². The van der Waals surface area contributed by atoms with E-state index in [4.69, 9.17) is 10.00 Å². The average molecular weight is 283 g/mol. The minimum absolute atomic E-state index is 0.599. The molecule has 0 fully saturated rings. The maximum Gasteiger partial charge on any atom is 0.147 e. The van der Waals surface area contributed by atoms with Crippen molar-refractivity contribution in [1.82, 2.24) is 19.7 Å². The molecule has 0 saturated carbocycles. The average Bonchev–Trinajstić information content (AvgIpc) is 2.88. The van der Waals surface area contributed by atoms with Crippen LogP contribution in [-0.2, 0) is 13.1 Å². The second kappa shape index (κ2) is 5.94. The lowest BCUT2D eigenvalue weighted by Crippen LogP contribution is -2.36. The van der Waals surface area contributed by atoms with Crippen LogP contribution in [0.3, 0.4) is 0 Å². The summed E-state index contributed by atoms with van der Waals surface area (Å²) in [7, 11) is 0. The number of nitriles is 1. The Bertz CT molecular complexity index is 673. The van der Waals surface area contributed by atoms with Gasteiger partial charge >= 0.3 is 0 Å². The van der Waals surface area contributed by atoms with Gasteiger partial charge in [-0.25, -0.2) is 0 Å². The van der Waals surface area contributed by atoms with Gasteiger partial charge in [-0.2, -0.15) is 5.26 Å². The number of rotatable bonds is 4. The normalized spacial score (nSPS) is 14.5. The van der Waals surface area contributed by atoms with Gasteiger partial charge in [0.1, 0.15) is 24.0 Å². The number of ether oxygens (including phenoxy) is 1. The molecule has 0 atom stereocenters. The number of hydrogen-bond acceptors (Lipinski definition) is 5. The SMILES string of the molecule is Cc1nnc2n1CCN(CCOc1cccc(C#N)c1)C2. The highest BCUT2D eigenvalue weighted by Crippen LogP contribution is 2.14. The summed E-state index contributed by atoms with van der Waals surface area (Å²) in [5, 5.41) is 17.2. The van der Waals surface area contributed by atoms with Crippen LogP contribution in [0.1, 0.15) is 17.2 Å². The first-order valence-corrected chi connectivity index (χ1v) is 7.00. The molecule has 3 rings (SSSR count). The summed E-state index contributed by atoms with van der Waals surface area (Å²) >= 11 is 0. The highest BCUT2D eigenvalue weighted by Gasteiger charge is 2.19.